The molecule has 0 saturated carbocycles. The SMILES string of the molecule is COc1ccc([C@H]2CCc3ccccc3[C@@H]2N2CCOC2=O)cc1. The monoisotopic (exact) mass is 323 g/mol. The molecule has 24 heavy (non-hydrogen) atoms. The maximum Gasteiger partial charge on any atom is 0.410 e. The minimum absolute atomic E-state index is 0.0401. The van der Waals surface area contributed by atoms with Crippen molar-refractivity contribution in [2.24, 2.45) is 0 Å². The molecule has 1 amide bonds. The molecule has 0 spiro atoms. The highest BCUT2D eigenvalue weighted by atomic mass is 16.6. The Morgan fingerprint density at radius 2 is 1.92 bits per heavy atom. The average Bonchev–Trinajstić information content (AvgIpc) is 3.06. The summed E-state index contributed by atoms with van der Waals surface area (Å²) in [6.07, 6.45) is 1.86. The number of benzene rings is 2. The fraction of sp³-hybridized carbons (Fsp3) is 0.350. The van der Waals surface area contributed by atoms with E-state index >= 15 is 0 Å². The highest BCUT2D eigenvalue weighted by Crippen LogP contribution is 2.45. The van der Waals surface area contributed by atoms with Crippen LogP contribution in [-0.4, -0.2) is 31.3 Å². The molecule has 1 saturated heterocycles. The van der Waals surface area contributed by atoms with Crippen LogP contribution in [0, 0.1) is 0 Å². The number of carbonyl (C=O) groups excluding carboxylic acids is 1. The van der Waals surface area contributed by atoms with Crippen molar-refractivity contribution in [1.82, 2.24) is 4.90 Å². The summed E-state index contributed by atoms with van der Waals surface area (Å²) < 4.78 is 10.5. The number of carbonyl (C=O) groups is 1. The number of nitrogens with zero attached hydrogens (tertiary/aromatic N) is 1. The van der Waals surface area contributed by atoms with Gasteiger partial charge in [-0.1, -0.05) is 36.4 Å². The summed E-state index contributed by atoms with van der Waals surface area (Å²) >= 11 is 0. The number of methoxy groups -OCH3 is 1. The number of aryl methyl sites for hydroxylation is 1. The summed E-state index contributed by atoms with van der Waals surface area (Å²) in [7, 11) is 1.68. The predicted octanol–water partition coefficient (Wildman–Crippen LogP) is 3.92. The quantitative estimate of drug-likeness (QED) is 0.859. The molecular weight excluding hydrogens is 302 g/mol. The smallest absolute Gasteiger partial charge is 0.410 e. The summed E-state index contributed by atoms with van der Waals surface area (Å²) in [6.45, 7) is 1.14. The van der Waals surface area contributed by atoms with Crippen LogP contribution in [0.2, 0.25) is 0 Å². The lowest BCUT2D eigenvalue weighted by Crippen LogP contribution is -2.36. The first kappa shape index (κ1) is 15.1. The highest BCUT2D eigenvalue weighted by Gasteiger charge is 2.39. The van der Waals surface area contributed by atoms with Crippen LogP contribution in [0.3, 0.4) is 0 Å². The van der Waals surface area contributed by atoms with E-state index in [1.54, 1.807) is 7.11 Å². The zero-order valence-corrected chi connectivity index (χ0v) is 13.8. The van der Waals surface area contributed by atoms with Crippen molar-refractivity contribution in [3.63, 3.8) is 0 Å². The normalized spacial score (nSPS) is 22.9. The molecule has 2 aliphatic rings. The third-order valence-corrected chi connectivity index (χ3v) is 5.15. The molecular formula is C20H21NO3. The average molecular weight is 323 g/mol. The third-order valence-electron chi connectivity index (χ3n) is 5.15. The van der Waals surface area contributed by atoms with Gasteiger partial charge >= 0.3 is 6.09 Å². The Morgan fingerprint density at radius 3 is 2.62 bits per heavy atom. The van der Waals surface area contributed by atoms with E-state index in [4.69, 9.17) is 9.47 Å². The molecule has 0 aromatic heterocycles. The Bertz CT molecular complexity index is 741. The second-order valence-corrected chi connectivity index (χ2v) is 6.37. The van der Waals surface area contributed by atoms with E-state index in [1.807, 2.05) is 17.0 Å². The maximum atomic E-state index is 12.2. The fourth-order valence-corrected chi connectivity index (χ4v) is 3.98. The largest absolute Gasteiger partial charge is 0.497 e. The molecule has 1 aliphatic carbocycles. The van der Waals surface area contributed by atoms with Gasteiger partial charge in [-0.3, -0.25) is 4.90 Å². The van der Waals surface area contributed by atoms with Crippen LogP contribution in [0.5, 0.6) is 5.75 Å². The molecule has 2 aromatic carbocycles. The molecule has 1 heterocycles. The number of rotatable bonds is 3. The molecule has 0 N–H and O–H groups in total. The number of hydrogen-bond acceptors (Lipinski definition) is 3. The molecule has 124 valence electrons. The minimum atomic E-state index is -0.199. The van der Waals surface area contributed by atoms with Crippen molar-refractivity contribution in [3.05, 3.63) is 65.2 Å². The van der Waals surface area contributed by atoms with E-state index in [9.17, 15) is 4.79 Å². The van der Waals surface area contributed by atoms with Gasteiger partial charge in [0.25, 0.3) is 0 Å². The molecule has 0 radical (unpaired) electrons. The first-order valence-corrected chi connectivity index (χ1v) is 8.43. The molecule has 4 nitrogen and oxygen atoms in total. The molecule has 4 rings (SSSR count). The lowest BCUT2D eigenvalue weighted by Gasteiger charge is -2.38. The Morgan fingerprint density at radius 1 is 1.12 bits per heavy atom. The van der Waals surface area contributed by atoms with Gasteiger partial charge in [-0.25, -0.2) is 4.79 Å². The van der Waals surface area contributed by atoms with Gasteiger partial charge < -0.3 is 9.47 Å². The molecule has 2 aromatic rings. The Hall–Kier alpha value is -2.49. The van der Waals surface area contributed by atoms with Crippen LogP contribution in [0.1, 0.15) is 35.1 Å². The van der Waals surface area contributed by atoms with Crippen LogP contribution in [-0.2, 0) is 11.2 Å². The van der Waals surface area contributed by atoms with E-state index < -0.39 is 0 Å². The van der Waals surface area contributed by atoms with Gasteiger partial charge in [0.05, 0.1) is 19.7 Å². The van der Waals surface area contributed by atoms with Gasteiger partial charge in [0.2, 0.25) is 0 Å². The Balaban J connectivity index is 1.75. The molecule has 2 atom stereocenters. The van der Waals surface area contributed by atoms with E-state index in [0.717, 1.165) is 18.6 Å². The summed E-state index contributed by atoms with van der Waals surface area (Å²) in [5, 5.41) is 0. The lowest BCUT2D eigenvalue weighted by atomic mass is 9.75. The molecule has 0 bridgehead atoms. The zero-order chi connectivity index (χ0) is 16.5. The van der Waals surface area contributed by atoms with Crippen molar-refractivity contribution in [2.45, 2.75) is 24.8 Å². The standard InChI is InChI=1S/C20H21NO3/c1-23-16-9-6-15(7-10-16)18-11-8-14-4-2-3-5-17(14)19(18)21-12-13-24-20(21)22/h2-7,9-10,18-19H,8,11-13H2,1H3/t18-,19+/m1/s1. The molecule has 1 fully saturated rings. The molecule has 4 heteroatoms. The van der Waals surface area contributed by atoms with Crippen molar-refractivity contribution >= 4 is 6.09 Å². The van der Waals surface area contributed by atoms with Gasteiger partial charge in [0.15, 0.2) is 0 Å². The second-order valence-electron chi connectivity index (χ2n) is 6.37. The fourth-order valence-electron chi connectivity index (χ4n) is 3.98. The van der Waals surface area contributed by atoms with E-state index in [0.29, 0.717) is 13.2 Å². The van der Waals surface area contributed by atoms with Gasteiger partial charge in [-0.2, -0.15) is 0 Å². The molecule has 1 aliphatic heterocycles. The summed E-state index contributed by atoms with van der Waals surface area (Å²) in [6, 6.07) is 16.7. The maximum absolute atomic E-state index is 12.2. The summed E-state index contributed by atoms with van der Waals surface area (Å²) in [5.74, 6) is 1.13. The number of cyclic esters (lactones) is 1. The minimum Gasteiger partial charge on any atom is -0.497 e. The zero-order valence-electron chi connectivity index (χ0n) is 13.8. The Kier molecular flexibility index (Phi) is 3.89. The van der Waals surface area contributed by atoms with Crippen LogP contribution in [0.4, 0.5) is 4.79 Å². The van der Waals surface area contributed by atoms with Crippen molar-refractivity contribution in [1.29, 1.82) is 0 Å². The Labute approximate surface area is 142 Å². The van der Waals surface area contributed by atoms with E-state index in [2.05, 4.69) is 36.4 Å². The number of amides is 1. The van der Waals surface area contributed by atoms with Crippen LogP contribution in [0.15, 0.2) is 48.5 Å². The van der Waals surface area contributed by atoms with Gasteiger partial charge in [-0.05, 0) is 41.7 Å². The first-order valence-electron chi connectivity index (χ1n) is 8.43. The molecule has 0 unspecified atom stereocenters. The van der Waals surface area contributed by atoms with Gasteiger partial charge in [-0.15, -0.1) is 0 Å². The van der Waals surface area contributed by atoms with Crippen LogP contribution < -0.4 is 4.74 Å². The highest BCUT2D eigenvalue weighted by molar-refractivity contribution is 5.70. The van der Waals surface area contributed by atoms with E-state index in [-0.39, 0.29) is 18.1 Å². The lowest BCUT2D eigenvalue weighted by molar-refractivity contribution is 0.139. The van der Waals surface area contributed by atoms with Crippen LogP contribution in [0.25, 0.3) is 0 Å². The summed E-state index contributed by atoms with van der Waals surface area (Å²) in [5.41, 5.74) is 3.84. The number of fused-ring (bicyclic) bond motifs is 1. The van der Waals surface area contributed by atoms with Gasteiger partial charge in [0.1, 0.15) is 12.4 Å². The summed E-state index contributed by atoms with van der Waals surface area (Å²) in [4.78, 5) is 14.1. The van der Waals surface area contributed by atoms with Crippen molar-refractivity contribution in [2.75, 3.05) is 20.3 Å². The number of ether oxygens (including phenoxy) is 2. The number of hydrogen-bond donors (Lipinski definition) is 0. The topological polar surface area (TPSA) is 38.8 Å². The van der Waals surface area contributed by atoms with E-state index in [1.165, 1.54) is 16.7 Å². The first-order chi connectivity index (χ1) is 11.8. The third kappa shape index (κ3) is 2.52. The predicted molar refractivity (Wildman–Crippen MR) is 91.3 cm³/mol. The van der Waals surface area contributed by atoms with Crippen molar-refractivity contribution in [3.8, 4) is 5.75 Å². The van der Waals surface area contributed by atoms with Gasteiger partial charge in [0, 0.05) is 5.92 Å². The second kappa shape index (κ2) is 6.19. The van der Waals surface area contributed by atoms with Crippen molar-refractivity contribution < 1.29 is 14.3 Å². The van der Waals surface area contributed by atoms with Crippen LogP contribution >= 0.6 is 0 Å².